The van der Waals surface area contributed by atoms with Gasteiger partial charge >= 0.3 is 0 Å². The Bertz CT molecular complexity index is 1120. The summed E-state index contributed by atoms with van der Waals surface area (Å²) in [5.74, 6) is -1.24. The number of halogens is 1. The minimum Gasteiger partial charge on any atom is -0.455 e. The summed E-state index contributed by atoms with van der Waals surface area (Å²) in [5.41, 5.74) is 2.27. The average molecular weight is 430 g/mol. The Morgan fingerprint density at radius 2 is 1.70 bits per heavy atom. The fourth-order valence-corrected chi connectivity index (χ4v) is 4.39. The van der Waals surface area contributed by atoms with Crippen molar-refractivity contribution in [2.75, 3.05) is 0 Å². The molecule has 2 aromatic carbocycles. The quantitative estimate of drug-likeness (QED) is 0.568. The molecule has 0 aliphatic rings. The first-order valence-corrected chi connectivity index (χ1v) is 11.5. The van der Waals surface area contributed by atoms with Gasteiger partial charge in [-0.3, -0.25) is 4.79 Å². The van der Waals surface area contributed by atoms with Gasteiger partial charge in [0.05, 0.1) is 5.75 Å². The smallest absolute Gasteiger partial charge is 0.287 e. The molecule has 1 heterocycles. The third-order valence-corrected chi connectivity index (χ3v) is 6.16. The number of carbonyl (C=O) groups is 1. The highest BCUT2D eigenvalue weighted by Gasteiger charge is 2.19. The lowest BCUT2D eigenvalue weighted by atomic mass is 10.0. The summed E-state index contributed by atoms with van der Waals surface area (Å²) in [6.45, 7) is 4.56. The summed E-state index contributed by atoms with van der Waals surface area (Å²) in [6, 6.07) is 16.6. The molecular weight excluding hydrogens is 405 g/mol. The zero-order valence-corrected chi connectivity index (χ0v) is 17.7. The third-order valence-electron chi connectivity index (χ3n) is 4.68. The van der Waals surface area contributed by atoms with Crippen molar-refractivity contribution in [2.24, 2.45) is 0 Å². The number of sulfone groups is 1. The van der Waals surface area contributed by atoms with E-state index in [0.717, 1.165) is 5.56 Å². The molecule has 1 N–H and O–H groups in total. The van der Waals surface area contributed by atoms with Crippen LogP contribution in [0, 0.1) is 5.82 Å². The van der Waals surface area contributed by atoms with Gasteiger partial charge in [0.1, 0.15) is 17.3 Å². The zero-order chi connectivity index (χ0) is 21.7. The van der Waals surface area contributed by atoms with Crippen LogP contribution in [0.3, 0.4) is 0 Å². The van der Waals surface area contributed by atoms with E-state index in [1.165, 1.54) is 35.9 Å². The summed E-state index contributed by atoms with van der Waals surface area (Å²) in [5, 5.41) is 2.76. The molecule has 158 valence electrons. The van der Waals surface area contributed by atoms with E-state index in [9.17, 15) is 17.6 Å². The van der Waals surface area contributed by atoms with Crippen LogP contribution in [0.1, 0.15) is 52.8 Å². The number of benzene rings is 2. The fraction of sp³-hybridized carbons (Fsp3) is 0.261. The normalized spacial score (nSPS) is 11.6. The Kier molecular flexibility index (Phi) is 6.72. The molecule has 0 saturated heterocycles. The van der Waals surface area contributed by atoms with E-state index in [2.05, 4.69) is 19.2 Å². The van der Waals surface area contributed by atoms with Gasteiger partial charge in [0.2, 0.25) is 0 Å². The van der Waals surface area contributed by atoms with Gasteiger partial charge < -0.3 is 9.73 Å². The molecular formula is C23H24FNO4S. The van der Waals surface area contributed by atoms with Crippen molar-refractivity contribution < 1.29 is 22.0 Å². The summed E-state index contributed by atoms with van der Waals surface area (Å²) in [4.78, 5) is 12.3. The predicted molar refractivity (Wildman–Crippen MR) is 113 cm³/mol. The maximum atomic E-state index is 13.7. The molecule has 1 amide bonds. The molecule has 30 heavy (non-hydrogen) atoms. The number of nitrogens with one attached hydrogen (secondary N) is 1. The molecule has 0 bridgehead atoms. The van der Waals surface area contributed by atoms with Crippen LogP contribution in [-0.4, -0.2) is 14.3 Å². The molecule has 0 atom stereocenters. The average Bonchev–Trinajstić information content (AvgIpc) is 3.16. The van der Waals surface area contributed by atoms with Crippen LogP contribution >= 0.6 is 0 Å². The first-order chi connectivity index (χ1) is 14.2. The lowest BCUT2D eigenvalue weighted by Crippen LogP contribution is -2.22. The van der Waals surface area contributed by atoms with E-state index in [1.54, 1.807) is 6.07 Å². The largest absolute Gasteiger partial charge is 0.455 e. The Labute approximate surface area is 175 Å². The second kappa shape index (κ2) is 9.26. The lowest BCUT2D eigenvalue weighted by Gasteiger charge is -2.07. The van der Waals surface area contributed by atoms with Gasteiger partial charge in [-0.05, 0) is 35.2 Å². The van der Waals surface area contributed by atoms with Gasteiger partial charge in [-0.1, -0.05) is 56.3 Å². The second-order valence-electron chi connectivity index (χ2n) is 7.47. The van der Waals surface area contributed by atoms with Crippen LogP contribution in [0.2, 0.25) is 0 Å². The van der Waals surface area contributed by atoms with Gasteiger partial charge in [0.15, 0.2) is 15.6 Å². The summed E-state index contributed by atoms with van der Waals surface area (Å²) in [7, 11) is -3.65. The zero-order valence-electron chi connectivity index (χ0n) is 16.9. The van der Waals surface area contributed by atoms with Crippen LogP contribution in [-0.2, 0) is 27.9 Å². The Morgan fingerprint density at radius 1 is 1.00 bits per heavy atom. The van der Waals surface area contributed by atoms with E-state index in [4.69, 9.17) is 4.42 Å². The molecule has 7 heteroatoms. The van der Waals surface area contributed by atoms with Crippen LogP contribution < -0.4 is 5.32 Å². The number of amides is 1. The van der Waals surface area contributed by atoms with Gasteiger partial charge in [0.25, 0.3) is 5.91 Å². The molecule has 0 radical (unpaired) electrons. The number of rotatable bonds is 8. The molecule has 3 rings (SSSR count). The monoisotopic (exact) mass is 429 g/mol. The number of carbonyl (C=O) groups excluding carboxylic acids is 1. The molecule has 0 unspecified atom stereocenters. The van der Waals surface area contributed by atoms with Gasteiger partial charge in [-0.15, -0.1) is 0 Å². The number of hydrogen-bond donors (Lipinski definition) is 1. The third kappa shape index (κ3) is 5.79. The van der Waals surface area contributed by atoms with Gasteiger partial charge in [0, 0.05) is 12.1 Å². The summed E-state index contributed by atoms with van der Waals surface area (Å²) >= 11 is 0. The first kappa shape index (κ1) is 21.8. The van der Waals surface area contributed by atoms with E-state index < -0.39 is 33.1 Å². The summed E-state index contributed by atoms with van der Waals surface area (Å²) < 4.78 is 43.8. The minimum atomic E-state index is -3.65. The van der Waals surface area contributed by atoms with E-state index in [1.807, 2.05) is 24.3 Å². The molecule has 0 spiro atoms. The lowest BCUT2D eigenvalue weighted by molar-refractivity contribution is 0.0921. The van der Waals surface area contributed by atoms with Crippen molar-refractivity contribution in [1.29, 1.82) is 0 Å². The van der Waals surface area contributed by atoms with Crippen molar-refractivity contribution >= 4 is 15.7 Å². The number of furan rings is 1. The van der Waals surface area contributed by atoms with Crippen molar-refractivity contribution in [3.05, 3.63) is 94.7 Å². The van der Waals surface area contributed by atoms with Crippen molar-refractivity contribution in [3.63, 3.8) is 0 Å². The maximum Gasteiger partial charge on any atom is 0.287 e. The van der Waals surface area contributed by atoms with E-state index in [-0.39, 0.29) is 17.1 Å². The van der Waals surface area contributed by atoms with E-state index in [0.29, 0.717) is 12.5 Å². The van der Waals surface area contributed by atoms with Gasteiger partial charge in [-0.2, -0.15) is 0 Å². The molecule has 1 aromatic heterocycles. The molecule has 0 aliphatic heterocycles. The van der Waals surface area contributed by atoms with Crippen LogP contribution in [0.25, 0.3) is 0 Å². The van der Waals surface area contributed by atoms with Crippen molar-refractivity contribution in [1.82, 2.24) is 5.32 Å². The van der Waals surface area contributed by atoms with Gasteiger partial charge in [-0.25, -0.2) is 12.8 Å². The first-order valence-electron chi connectivity index (χ1n) is 9.63. The van der Waals surface area contributed by atoms with Crippen molar-refractivity contribution in [2.45, 2.75) is 37.8 Å². The van der Waals surface area contributed by atoms with Crippen LogP contribution in [0.15, 0.2) is 65.1 Å². The highest BCUT2D eigenvalue weighted by atomic mass is 32.2. The molecule has 0 fully saturated rings. The van der Waals surface area contributed by atoms with Crippen LogP contribution in [0.5, 0.6) is 0 Å². The molecule has 5 nitrogen and oxygen atoms in total. The Hall–Kier alpha value is -2.93. The maximum absolute atomic E-state index is 13.7. The second-order valence-corrected chi connectivity index (χ2v) is 9.53. The Morgan fingerprint density at radius 3 is 2.37 bits per heavy atom. The predicted octanol–water partition coefficient (Wildman–Crippen LogP) is 4.59. The minimum absolute atomic E-state index is 0.0323. The number of hydrogen-bond acceptors (Lipinski definition) is 4. The molecule has 3 aromatic rings. The molecule has 0 saturated carbocycles. The SMILES string of the molecule is CC(C)c1ccc(CNC(=O)c2ccc(CS(=O)(=O)Cc3ccccc3F)o2)cc1. The standard InChI is InChI=1S/C23H24FNO4S/c1-16(2)18-9-7-17(8-10-18)13-25-23(26)22-12-11-20(29-22)15-30(27,28)14-19-5-3-4-6-21(19)24/h3-12,16H,13-15H2,1-2H3,(H,25,26). The van der Waals surface area contributed by atoms with Crippen molar-refractivity contribution in [3.8, 4) is 0 Å². The fourth-order valence-electron chi connectivity index (χ4n) is 2.99. The molecule has 0 aliphatic carbocycles. The van der Waals surface area contributed by atoms with Crippen LogP contribution in [0.4, 0.5) is 4.39 Å². The topological polar surface area (TPSA) is 76.4 Å². The summed E-state index contributed by atoms with van der Waals surface area (Å²) in [6.07, 6.45) is 0. The highest BCUT2D eigenvalue weighted by Crippen LogP contribution is 2.18. The highest BCUT2D eigenvalue weighted by molar-refractivity contribution is 7.89. The van der Waals surface area contributed by atoms with E-state index >= 15 is 0 Å². The Balaban J connectivity index is 1.58.